The molecule has 0 bridgehead atoms. The van der Waals surface area contributed by atoms with Crippen LogP contribution >= 0.6 is 0 Å². The summed E-state index contributed by atoms with van der Waals surface area (Å²) < 4.78 is 0. The van der Waals surface area contributed by atoms with E-state index in [9.17, 15) is 4.79 Å². The maximum Gasteiger partial charge on any atom is 0.241 e. The monoisotopic (exact) mass is 204 g/mol. The van der Waals surface area contributed by atoms with E-state index in [4.69, 9.17) is 5.73 Å². The molecule has 0 aliphatic carbocycles. The summed E-state index contributed by atoms with van der Waals surface area (Å²) in [6.45, 7) is 4.12. The van der Waals surface area contributed by atoms with Gasteiger partial charge in [-0.3, -0.25) is 4.79 Å². The van der Waals surface area contributed by atoms with Crippen molar-refractivity contribution in [2.24, 2.45) is 5.73 Å². The summed E-state index contributed by atoms with van der Waals surface area (Å²) >= 11 is 0. The number of carbonyl (C=O) groups is 1. The van der Waals surface area contributed by atoms with E-state index < -0.39 is 0 Å². The molecule has 2 rings (SSSR count). The molecule has 1 atom stereocenters. The van der Waals surface area contributed by atoms with Crippen LogP contribution in [0.2, 0.25) is 0 Å². The van der Waals surface area contributed by atoms with E-state index in [1.165, 1.54) is 5.56 Å². The summed E-state index contributed by atoms with van der Waals surface area (Å²) in [6.07, 6.45) is 0. The summed E-state index contributed by atoms with van der Waals surface area (Å²) in [4.78, 5) is 13.4. The summed E-state index contributed by atoms with van der Waals surface area (Å²) in [6, 6.07) is 7.82. The number of hydrogen-bond donors (Lipinski definition) is 1. The quantitative estimate of drug-likeness (QED) is 0.748. The van der Waals surface area contributed by atoms with Crippen molar-refractivity contribution in [1.29, 1.82) is 0 Å². The zero-order valence-electron chi connectivity index (χ0n) is 9.32. The van der Waals surface area contributed by atoms with Gasteiger partial charge in [-0.1, -0.05) is 32.0 Å². The van der Waals surface area contributed by atoms with Gasteiger partial charge in [0.1, 0.15) is 6.04 Å². The van der Waals surface area contributed by atoms with Crippen LogP contribution < -0.4 is 10.6 Å². The zero-order chi connectivity index (χ0) is 11.2. The van der Waals surface area contributed by atoms with Crippen LogP contribution in [0.4, 0.5) is 5.69 Å². The van der Waals surface area contributed by atoms with Crippen LogP contribution in [0.1, 0.15) is 19.4 Å². The van der Waals surface area contributed by atoms with Gasteiger partial charge >= 0.3 is 0 Å². The van der Waals surface area contributed by atoms with Crippen molar-refractivity contribution >= 4 is 11.6 Å². The van der Waals surface area contributed by atoms with Crippen LogP contribution in [0.3, 0.4) is 0 Å². The molecule has 0 radical (unpaired) electrons. The first-order valence-electron chi connectivity index (χ1n) is 5.08. The molecule has 0 aromatic heterocycles. The SMILES string of the molecule is CN1c2ccccc2C(C)(C)C1C(N)=O. The molecule has 1 heterocycles. The van der Waals surface area contributed by atoms with Crippen LogP contribution in [-0.2, 0) is 10.2 Å². The molecule has 1 aliphatic heterocycles. The summed E-state index contributed by atoms with van der Waals surface area (Å²) in [5, 5.41) is 0. The first-order chi connectivity index (χ1) is 6.96. The molecular formula is C12H16N2O. The molecule has 1 aromatic rings. The normalized spacial score (nSPS) is 22.6. The Labute approximate surface area is 89.9 Å². The number of nitrogens with two attached hydrogens (primary N) is 1. The molecule has 80 valence electrons. The van der Waals surface area contributed by atoms with Crippen molar-refractivity contribution in [2.75, 3.05) is 11.9 Å². The Balaban J connectivity index is 2.59. The number of primary amides is 1. The molecule has 1 aromatic carbocycles. The Hall–Kier alpha value is -1.51. The molecule has 0 fully saturated rings. The van der Waals surface area contributed by atoms with Crippen molar-refractivity contribution in [3.8, 4) is 0 Å². The minimum Gasteiger partial charge on any atom is -0.368 e. The van der Waals surface area contributed by atoms with Crippen molar-refractivity contribution < 1.29 is 4.79 Å². The van der Waals surface area contributed by atoms with Crippen LogP contribution in [-0.4, -0.2) is 19.0 Å². The van der Waals surface area contributed by atoms with E-state index in [0.29, 0.717) is 0 Å². The molecule has 0 saturated carbocycles. The van der Waals surface area contributed by atoms with Crippen LogP contribution in [0.25, 0.3) is 0 Å². The van der Waals surface area contributed by atoms with Gasteiger partial charge in [0.2, 0.25) is 5.91 Å². The van der Waals surface area contributed by atoms with Crippen LogP contribution in [0.15, 0.2) is 24.3 Å². The predicted octanol–water partition coefficient (Wildman–Crippen LogP) is 1.27. The van der Waals surface area contributed by atoms with Gasteiger partial charge in [0.05, 0.1) is 0 Å². The molecule has 15 heavy (non-hydrogen) atoms. The number of rotatable bonds is 1. The van der Waals surface area contributed by atoms with Crippen molar-refractivity contribution in [3.05, 3.63) is 29.8 Å². The minimum absolute atomic E-state index is 0.211. The van der Waals surface area contributed by atoms with Crippen LogP contribution in [0, 0.1) is 0 Å². The van der Waals surface area contributed by atoms with E-state index in [1.807, 2.05) is 30.1 Å². The molecular weight excluding hydrogens is 188 g/mol. The summed E-state index contributed by atoms with van der Waals surface area (Å²) in [7, 11) is 1.92. The molecule has 2 N–H and O–H groups in total. The van der Waals surface area contributed by atoms with Crippen molar-refractivity contribution in [3.63, 3.8) is 0 Å². The highest BCUT2D eigenvalue weighted by Gasteiger charge is 2.45. The number of para-hydroxylation sites is 1. The third-order valence-electron chi connectivity index (χ3n) is 3.32. The maximum absolute atomic E-state index is 11.5. The van der Waals surface area contributed by atoms with E-state index in [1.54, 1.807) is 0 Å². The number of fused-ring (bicyclic) bond motifs is 1. The number of carbonyl (C=O) groups excluding carboxylic acids is 1. The first kappa shape index (κ1) is 10.0. The third-order valence-corrected chi connectivity index (χ3v) is 3.32. The molecule has 1 amide bonds. The summed E-state index contributed by atoms with van der Waals surface area (Å²) in [5.41, 5.74) is 7.55. The Morgan fingerprint density at radius 3 is 2.53 bits per heavy atom. The van der Waals surface area contributed by atoms with Crippen molar-refractivity contribution in [1.82, 2.24) is 0 Å². The number of anilines is 1. The third kappa shape index (κ3) is 1.23. The van der Waals surface area contributed by atoms with Crippen molar-refractivity contribution in [2.45, 2.75) is 25.3 Å². The Morgan fingerprint density at radius 2 is 2.00 bits per heavy atom. The van der Waals surface area contributed by atoms with Gasteiger partial charge < -0.3 is 10.6 Å². The van der Waals surface area contributed by atoms with Gasteiger partial charge in [-0.15, -0.1) is 0 Å². The number of benzene rings is 1. The van der Waals surface area contributed by atoms with E-state index >= 15 is 0 Å². The largest absolute Gasteiger partial charge is 0.368 e. The van der Waals surface area contributed by atoms with Gasteiger partial charge in [0.15, 0.2) is 0 Å². The van der Waals surface area contributed by atoms with E-state index in [2.05, 4.69) is 19.9 Å². The van der Waals surface area contributed by atoms with Gasteiger partial charge in [-0.05, 0) is 11.6 Å². The van der Waals surface area contributed by atoms with Gasteiger partial charge in [0, 0.05) is 18.2 Å². The Morgan fingerprint density at radius 1 is 1.40 bits per heavy atom. The maximum atomic E-state index is 11.5. The van der Waals surface area contributed by atoms with E-state index in [0.717, 1.165) is 5.69 Å². The highest BCUT2D eigenvalue weighted by atomic mass is 16.1. The lowest BCUT2D eigenvalue weighted by Gasteiger charge is -2.29. The van der Waals surface area contributed by atoms with Crippen LogP contribution in [0.5, 0.6) is 0 Å². The number of nitrogens with zero attached hydrogens (tertiary/aromatic N) is 1. The highest BCUT2D eigenvalue weighted by molar-refractivity contribution is 5.89. The minimum atomic E-state index is -0.265. The fraction of sp³-hybridized carbons (Fsp3) is 0.417. The topological polar surface area (TPSA) is 46.3 Å². The molecule has 0 spiro atoms. The predicted molar refractivity (Wildman–Crippen MR) is 60.9 cm³/mol. The first-order valence-corrected chi connectivity index (χ1v) is 5.08. The second-order valence-corrected chi connectivity index (χ2v) is 4.65. The highest BCUT2D eigenvalue weighted by Crippen LogP contribution is 2.43. The Kier molecular flexibility index (Phi) is 2.00. The average Bonchev–Trinajstić information content (AvgIpc) is 2.36. The lowest BCUT2D eigenvalue weighted by atomic mass is 9.80. The molecule has 0 saturated heterocycles. The zero-order valence-corrected chi connectivity index (χ0v) is 9.32. The molecule has 3 heteroatoms. The summed E-state index contributed by atoms with van der Waals surface area (Å²) in [5.74, 6) is -0.265. The van der Waals surface area contributed by atoms with Gasteiger partial charge in [-0.25, -0.2) is 0 Å². The second kappa shape index (κ2) is 2.99. The van der Waals surface area contributed by atoms with E-state index in [-0.39, 0.29) is 17.4 Å². The number of amides is 1. The molecule has 1 unspecified atom stereocenters. The standard InChI is InChI=1S/C12H16N2O/c1-12(2)8-6-4-5-7-9(8)14(3)10(12)11(13)15/h4-7,10H,1-3H3,(H2,13,15). The fourth-order valence-electron chi connectivity index (χ4n) is 2.64. The lowest BCUT2D eigenvalue weighted by molar-refractivity contribution is -0.120. The molecule has 3 nitrogen and oxygen atoms in total. The average molecular weight is 204 g/mol. The fourth-order valence-corrected chi connectivity index (χ4v) is 2.64. The Bertz CT molecular complexity index is 412. The molecule has 1 aliphatic rings. The number of hydrogen-bond acceptors (Lipinski definition) is 2. The smallest absolute Gasteiger partial charge is 0.241 e. The second-order valence-electron chi connectivity index (χ2n) is 4.65. The number of likely N-dealkylation sites (N-methyl/N-ethyl adjacent to an activating group) is 1. The van der Waals surface area contributed by atoms with Gasteiger partial charge in [-0.2, -0.15) is 0 Å². The van der Waals surface area contributed by atoms with Gasteiger partial charge in [0.25, 0.3) is 0 Å². The lowest BCUT2D eigenvalue weighted by Crippen LogP contribution is -2.49.